The third-order valence-corrected chi connectivity index (χ3v) is 6.27. The molecule has 31 heavy (non-hydrogen) atoms. The van der Waals surface area contributed by atoms with Gasteiger partial charge in [0.05, 0.1) is 31.6 Å². The minimum absolute atomic E-state index is 0.0760. The zero-order chi connectivity index (χ0) is 21.6. The number of hydrogen-bond acceptors (Lipinski definition) is 7. The van der Waals surface area contributed by atoms with Gasteiger partial charge in [-0.25, -0.2) is 4.98 Å². The number of methoxy groups -OCH3 is 1. The molecule has 0 spiro atoms. The second kappa shape index (κ2) is 10.1. The fourth-order valence-electron chi connectivity index (χ4n) is 3.54. The molecule has 1 aliphatic rings. The van der Waals surface area contributed by atoms with Gasteiger partial charge < -0.3 is 14.2 Å². The normalized spacial score (nSPS) is 14.5. The molecule has 0 atom stereocenters. The molecule has 0 bridgehead atoms. The first-order valence-electron chi connectivity index (χ1n) is 10.5. The van der Waals surface area contributed by atoms with Crippen LogP contribution in [0.1, 0.15) is 17.3 Å². The van der Waals surface area contributed by atoms with Gasteiger partial charge in [-0.2, -0.15) is 0 Å². The SMILES string of the molecule is CCOc1cccc2sc(N(CCN3CCOCC3)C(=O)c3ccc(OC)cc3)nc12. The van der Waals surface area contributed by atoms with Crippen LogP contribution in [0.25, 0.3) is 10.2 Å². The van der Waals surface area contributed by atoms with Crippen molar-refractivity contribution in [2.75, 3.05) is 58.0 Å². The van der Waals surface area contributed by atoms with Crippen molar-refractivity contribution in [3.63, 3.8) is 0 Å². The first kappa shape index (κ1) is 21.5. The fourth-order valence-corrected chi connectivity index (χ4v) is 4.55. The van der Waals surface area contributed by atoms with Crippen LogP contribution in [-0.4, -0.2) is 68.9 Å². The average Bonchev–Trinajstić information content (AvgIpc) is 3.25. The molecule has 1 aromatic heterocycles. The second-order valence-electron chi connectivity index (χ2n) is 7.17. The lowest BCUT2D eigenvalue weighted by molar-refractivity contribution is 0.0391. The third-order valence-electron chi connectivity index (χ3n) is 5.23. The summed E-state index contributed by atoms with van der Waals surface area (Å²) in [6.45, 7) is 7.04. The molecule has 0 unspecified atom stereocenters. The number of rotatable bonds is 8. The molecular weight excluding hydrogens is 414 g/mol. The number of nitrogens with zero attached hydrogens (tertiary/aromatic N) is 3. The van der Waals surface area contributed by atoms with Crippen molar-refractivity contribution in [1.82, 2.24) is 9.88 Å². The number of thiazole rings is 1. The van der Waals surface area contributed by atoms with Gasteiger partial charge in [-0.3, -0.25) is 14.6 Å². The lowest BCUT2D eigenvalue weighted by Crippen LogP contribution is -2.43. The molecule has 1 amide bonds. The van der Waals surface area contributed by atoms with Crippen molar-refractivity contribution in [1.29, 1.82) is 0 Å². The number of aromatic nitrogens is 1. The summed E-state index contributed by atoms with van der Waals surface area (Å²) < 4.78 is 17.4. The van der Waals surface area contributed by atoms with Crippen LogP contribution < -0.4 is 14.4 Å². The molecule has 8 heteroatoms. The van der Waals surface area contributed by atoms with Crippen molar-refractivity contribution in [3.8, 4) is 11.5 Å². The molecule has 7 nitrogen and oxygen atoms in total. The van der Waals surface area contributed by atoms with Gasteiger partial charge in [0, 0.05) is 31.7 Å². The Balaban J connectivity index is 1.64. The van der Waals surface area contributed by atoms with E-state index in [1.165, 1.54) is 11.3 Å². The van der Waals surface area contributed by atoms with Crippen LogP contribution in [0.3, 0.4) is 0 Å². The number of amides is 1. The monoisotopic (exact) mass is 441 g/mol. The van der Waals surface area contributed by atoms with Crippen molar-refractivity contribution in [2.45, 2.75) is 6.92 Å². The van der Waals surface area contributed by atoms with E-state index >= 15 is 0 Å². The molecule has 0 aliphatic carbocycles. The minimum Gasteiger partial charge on any atom is -0.497 e. The Morgan fingerprint density at radius 1 is 1.19 bits per heavy atom. The highest BCUT2D eigenvalue weighted by molar-refractivity contribution is 7.22. The van der Waals surface area contributed by atoms with E-state index in [1.54, 1.807) is 36.3 Å². The summed E-state index contributed by atoms with van der Waals surface area (Å²) >= 11 is 1.51. The number of anilines is 1. The molecule has 4 rings (SSSR count). The topological polar surface area (TPSA) is 64.1 Å². The van der Waals surface area contributed by atoms with Crippen LogP contribution >= 0.6 is 11.3 Å². The Kier molecular flexibility index (Phi) is 7.01. The first-order valence-corrected chi connectivity index (χ1v) is 11.3. The van der Waals surface area contributed by atoms with Gasteiger partial charge in [-0.15, -0.1) is 0 Å². The number of carbonyl (C=O) groups is 1. The highest BCUT2D eigenvalue weighted by Crippen LogP contribution is 2.35. The predicted molar refractivity (Wildman–Crippen MR) is 123 cm³/mol. The Morgan fingerprint density at radius 2 is 1.97 bits per heavy atom. The zero-order valence-corrected chi connectivity index (χ0v) is 18.7. The van der Waals surface area contributed by atoms with Gasteiger partial charge in [0.15, 0.2) is 5.13 Å². The van der Waals surface area contributed by atoms with Crippen molar-refractivity contribution >= 4 is 32.6 Å². The van der Waals surface area contributed by atoms with E-state index in [4.69, 9.17) is 19.2 Å². The van der Waals surface area contributed by atoms with Crippen LogP contribution in [-0.2, 0) is 4.74 Å². The van der Waals surface area contributed by atoms with Crippen LogP contribution in [0.5, 0.6) is 11.5 Å². The van der Waals surface area contributed by atoms with Gasteiger partial charge in [0.1, 0.15) is 17.0 Å². The summed E-state index contributed by atoms with van der Waals surface area (Å²) in [6, 6.07) is 13.1. The van der Waals surface area contributed by atoms with E-state index in [-0.39, 0.29) is 5.91 Å². The number of carbonyl (C=O) groups excluding carboxylic acids is 1. The molecule has 3 aromatic rings. The summed E-state index contributed by atoms with van der Waals surface area (Å²) in [4.78, 5) is 22.4. The highest BCUT2D eigenvalue weighted by Gasteiger charge is 2.23. The molecule has 0 saturated carbocycles. The lowest BCUT2D eigenvalue weighted by atomic mass is 10.2. The molecule has 1 saturated heterocycles. The Morgan fingerprint density at radius 3 is 2.68 bits per heavy atom. The number of fused-ring (bicyclic) bond motifs is 1. The standard InChI is InChI=1S/C23H27N3O4S/c1-3-30-19-5-4-6-20-21(19)24-23(31-20)26(12-11-25-13-15-29-16-14-25)22(27)17-7-9-18(28-2)10-8-17/h4-10H,3,11-16H2,1-2H3. The number of benzene rings is 2. The van der Waals surface area contributed by atoms with Gasteiger partial charge in [0.25, 0.3) is 5.91 Å². The maximum atomic E-state index is 13.5. The maximum Gasteiger partial charge on any atom is 0.260 e. The molecule has 1 fully saturated rings. The van der Waals surface area contributed by atoms with Gasteiger partial charge in [-0.05, 0) is 43.3 Å². The number of hydrogen-bond donors (Lipinski definition) is 0. The van der Waals surface area contributed by atoms with Crippen molar-refractivity contribution in [3.05, 3.63) is 48.0 Å². The predicted octanol–water partition coefficient (Wildman–Crippen LogP) is 3.68. The molecule has 164 valence electrons. The maximum absolute atomic E-state index is 13.5. The Labute approximate surface area is 186 Å². The van der Waals surface area contributed by atoms with E-state index in [1.807, 2.05) is 25.1 Å². The van der Waals surface area contributed by atoms with Crippen LogP contribution in [0, 0.1) is 0 Å². The number of morpholine rings is 1. The molecule has 2 aromatic carbocycles. The Hall–Kier alpha value is -2.68. The third kappa shape index (κ3) is 4.98. The van der Waals surface area contributed by atoms with Gasteiger partial charge in [-0.1, -0.05) is 17.4 Å². The summed E-state index contributed by atoms with van der Waals surface area (Å²) in [5.74, 6) is 1.39. The Bertz CT molecular complexity index is 1020. The van der Waals surface area contributed by atoms with E-state index in [9.17, 15) is 4.79 Å². The largest absolute Gasteiger partial charge is 0.497 e. The number of ether oxygens (including phenoxy) is 3. The zero-order valence-electron chi connectivity index (χ0n) is 17.9. The minimum atomic E-state index is -0.0760. The van der Waals surface area contributed by atoms with Gasteiger partial charge in [0.2, 0.25) is 0 Å². The summed E-state index contributed by atoms with van der Waals surface area (Å²) in [5.41, 5.74) is 1.40. The molecule has 0 radical (unpaired) electrons. The van der Waals surface area contributed by atoms with Crippen molar-refractivity contribution in [2.24, 2.45) is 0 Å². The van der Waals surface area contributed by atoms with E-state index < -0.39 is 0 Å². The summed E-state index contributed by atoms with van der Waals surface area (Å²) in [7, 11) is 1.61. The van der Waals surface area contributed by atoms with Crippen molar-refractivity contribution < 1.29 is 19.0 Å². The molecule has 1 aliphatic heterocycles. The first-order chi connectivity index (χ1) is 15.2. The molecule has 2 heterocycles. The van der Waals surface area contributed by atoms with Crippen LogP contribution in [0.4, 0.5) is 5.13 Å². The lowest BCUT2D eigenvalue weighted by Gasteiger charge is -2.29. The van der Waals surface area contributed by atoms with E-state index in [2.05, 4.69) is 4.90 Å². The van der Waals surface area contributed by atoms with E-state index in [0.29, 0.717) is 23.8 Å². The van der Waals surface area contributed by atoms with Gasteiger partial charge >= 0.3 is 0 Å². The molecule has 0 N–H and O–H groups in total. The average molecular weight is 442 g/mol. The second-order valence-corrected chi connectivity index (χ2v) is 8.18. The fraction of sp³-hybridized carbons (Fsp3) is 0.391. The smallest absolute Gasteiger partial charge is 0.260 e. The van der Waals surface area contributed by atoms with Crippen LogP contribution in [0.15, 0.2) is 42.5 Å². The van der Waals surface area contributed by atoms with Crippen LogP contribution in [0.2, 0.25) is 0 Å². The number of para-hydroxylation sites is 1. The quantitative estimate of drug-likeness (QED) is 0.531. The summed E-state index contributed by atoms with van der Waals surface area (Å²) in [6.07, 6.45) is 0. The van der Waals surface area contributed by atoms with E-state index in [0.717, 1.165) is 54.6 Å². The summed E-state index contributed by atoms with van der Waals surface area (Å²) in [5, 5.41) is 0.677. The molecular formula is C23H27N3O4S. The highest BCUT2D eigenvalue weighted by atomic mass is 32.1.